The molecular weight excluding hydrogens is 299 g/mol. The average Bonchev–Trinajstić information content (AvgIpc) is 2.40. The van der Waals surface area contributed by atoms with Crippen molar-refractivity contribution in [2.75, 3.05) is 32.1 Å². The minimum absolute atomic E-state index is 0.0743. The van der Waals surface area contributed by atoms with Crippen LogP contribution in [0.5, 0.6) is 0 Å². The molecular formula is C15H20F3NOS. The van der Waals surface area contributed by atoms with Gasteiger partial charge in [-0.15, -0.1) is 0 Å². The van der Waals surface area contributed by atoms with E-state index in [1.54, 1.807) is 17.8 Å². The van der Waals surface area contributed by atoms with Gasteiger partial charge in [0.1, 0.15) is 0 Å². The van der Waals surface area contributed by atoms with Crippen LogP contribution in [0.4, 0.5) is 13.2 Å². The number of alkyl halides is 3. The fourth-order valence-corrected chi connectivity index (χ4v) is 4.07. The summed E-state index contributed by atoms with van der Waals surface area (Å²) in [6, 6.07) is 5.13. The molecule has 0 aliphatic carbocycles. The van der Waals surface area contributed by atoms with Gasteiger partial charge in [-0.3, -0.25) is 0 Å². The fraction of sp³-hybridized carbons (Fsp3) is 0.600. The van der Waals surface area contributed by atoms with Crippen molar-refractivity contribution in [3.05, 3.63) is 35.4 Å². The third-order valence-corrected chi connectivity index (χ3v) is 5.03. The molecule has 1 heterocycles. The average molecular weight is 319 g/mol. The van der Waals surface area contributed by atoms with Crippen molar-refractivity contribution in [2.24, 2.45) is 5.92 Å². The van der Waals surface area contributed by atoms with E-state index in [-0.39, 0.29) is 5.92 Å². The van der Waals surface area contributed by atoms with Crippen molar-refractivity contribution in [2.45, 2.75) is 18.2 Å². The van der Waals surface area contributed by atoms with Crippen molar-refractivity contribution < 1.29 is 18.3 Å². The zero-order chi connectivity index (χ0) is 15.7. The lowest BCUT2D eigenvalue weighted by Crippen LogP contribution is -2.45. The molecule has 0 bridgehead atoms. The van der Waals surface area contributed by atoms with Crippen molar-refractivity contribution in [1.29, 1.82) is 0 Å². The molecule has 2 nitrogen and oxygen atoms in total. The molecule has 1 saturated heterocycles. The topological polar surface area (TPSA) is 23.5 Å². The van der Waals surface area contributed by atoms with Crippen LogP contribution in [-0.4, -0.2) is 42.2 Å². The molecule has 21 heavy (non-hydrogen) atoms. The Labute approximate surface area is 127 Å². The number of halogens is 3. The molecule has 2 atom stereocenters. The summed E-state index contributed by atoms with van der Waals surface area (Å²) in [5.41, 5.74) is -1.50. The monoisotopic (exact) mass is 319 g/mol. The SMILES string of the molecule is CN(C)C[C@@H]1CSCC[C@@]1(O)c1cccc(C(F)(F)F)c1. The molecule has 2 rings (SSSR count). The van der Waals surface area contributed by atoms with Crippen molar-refractivity contribution in [3.63, 3.8) is 0 Å². The first-order valence-electron chi connectivity index (χ1n) is 6.86. The van der Waals surface area contributed by atoms with Gasteiger partial charge in [-0.2, -0.15) is 24.9 Å². The molecule has 0 saturated carbocycles. The maximum atomic E-state index is 12.9. The van der Waals surface area contributed by atoms with Crippen LogP contribution in [0, 0.1) is 5.92 Å². The second kappa shape index (κ2) is 6.18. The molecule has 6 heteroatoms. The quantitative estimate of drug-likeness (QED) is 0.925. The third-order valence-electron chi connectivity index (χ3n) is 3.90. The summed E-state index contributed by atoms with van der Waals surface area (Å²) >= 11 is 1.74. The van der Waals surface area contributed by atoms with Gasteiger partial charge in [-0.25, -0.2) is 0 Å². The van der Waals surface area contributed by atoms with Crippen LogP contribution in [0.15, 0.2) is 24.3 Å². The molecule has 118 valence electrons. The van der Waals surface area contributed by atoms with E-state index in [4.69, 9.17) is 0 Å². The van der Waals surface area contributed by atoms with Gasteiger partial charge < -0.3 is 10.0 Å². The molecule has 1 fully saturated rings. The first-order valence-corrected chi connectivity index (χ1v) is 8.01. The van der Waals surface area contributed by atoms with Crippen molar-refractivity contribution >= 4 is 11.8 Å². The second-order valence-electron chi connectivity index (χ2n) is 5.79. The Morgan fingerprint density at radius 2 is 2.10 bits per heavy atom. The summed E-state index contributed by atoms with van der Waals surface area (Å²) in [5, 5.41) is 11.0. The molecule has 1 N–H and O–H groups in total. The van der Waals surface area contributed by atoms with Gasteiger partial charge in [0, 0.05) is 18.2 Å². The summed E-state index contributed by atoms with van der Waals surface area (Å²) in [7, 11) is 3.82. The van der Waals surface area contributed by atoms with Crippen LogP contribution >= 0.6 is 11.8 Å². The zero-order valence-electron chi connectivity index (χ0n) is 12.2. The predicted molar refractivity (Wildman–Crippen MR) is 79.3 cm³/mol. The van der Waals surface area contributed by atoms with Crippen molar-refractivity contribution in [3.8, 4) is 0 Å². The van der Waals surface area contributed by atoms with E-state index in [0.717, 1.165) is 23.6 Å². The number of hydrogen-bond donors (Lipinski definition) is 1. The molecule has 0 amide bonds. The van der Waals surface area contributed by atoms with E-state index >= 15 is 0 Å². The van der Waals surface area contributed by atoms with Gasteiger partial charge in [-0.05, 0) is 44.0 Å². The highest BCUT2D eigenvalue weighted by Crippen LogP contribution is 2.42. The van der Waals surface area contributed by atoms with Gasteiger partial charge in [-0.1, -0.05) is 12.1 Å². The molecule has 0 aromatic heterocycles. The predicted octanol–water partition coefficient (Wildman–Crippen LogP) is 3.21. The maximum absolute atomic E-state index is 12.9. The third kappa shape index (κ3) is 3.73. The van der Waals surface area contributed by atoms with Crippen LogP contribution < -0.4 is 0 Å². The molecule has 0 radical (unpaired) electrons. The maximum Gasteiger partial charge on any atom is 0.416 e. The van der Waals surface area contributed by atoms with Crippen LogP contribution in [0.1, 0.15) is 17.5 Å². The first kappa shape index (κ1) is 16.6. The Hall–Kier alpha value is -0.720. The lowest BCUT2D eigenvalue weighted by atomic mass is 9.79. The Balaban J connectivity index is 2.36. The number of aliphatic hydroxyl groups is 1. The summed E-state index contributed by atoms with van der Waals surface area (Å²) < 4.78 is 38.6. The number of rotatable bonds is 3. The number of hydrogen-bond acceptors (Lipinski definition) is 3. The minimum atomic E-state index is -4.38. The van der Waals surface area contributed by atoms with Gasteiger partial charge >= 0.3 is 6.18 Å². The fourth-order valence-electron chi connectivity index (χ4n) is 2.78. The van der Waals surface area contributed by atoms with Gasteiger partial charge in [0.2, 0.25) is 0 Å². The highest BCUT2D eigenvalue weighted by Gasteiger charge is 2.42. The Morgan fingerprint density at radius 3 is 2.71 bits per heavy atom. The Kier molecular flexibility index (Phi) is 4.90. The lowest BCUT2D eigenvalue weighted by molar-refractivity contribution is -0.137. The number of benzene rings is 1. The van der Waals surface area contributed by atoms with E-state index in [2.05, 4.69) is 0 Å². The summed E-state index contributed by atoms with van der Waals surface area (Å²) in [5.74, 6) is 1.44. The minimum Gasteiger partial charge on any atom is -0.385 e. The summed E-state index contributed by atoms with van der Waals surface area (Å²) in [4.78, 5) is 1.97. The van der Waals surface area contributed by atoms with Crippen LogP contribution in [0.25, 0.3) is 0 Å². The van der Waals surface area contributed by atoms with Gasteiger partial charge in [0.15, 0.2) is 0 Å². The lowest BCUT2D eigenvalue weighted by Gasteiger charge is -2.41. The van der Waals surface area contributed by atoms with E-state index in [0.29, 0.717) is 18.5 Å². The summed E-state index contributed by atoms with van der Waals surface area (Å²) in [6.07, 6.45) is -3.90. The molecule has 0 spiro atoms. The van der Waals surface area contributed by atoms with Crippen molar-refractivity contribution in [1.82, 2.24) is 4.90 Å². The Bertz CT molecular complexity index is 492. The smallest absolute Gasteiger partial charge is 0.385 e. The highest BCUT2D eigenvalue weighted by molar-refractivity contribution is 7.99. The standard InChI is InChI=1S/C15H20F3NOS/c1-19(2)9-13-10-21-7-6-14(13,20)11-4-3-5-12(8-11)15(16,17)18/h3-5,8,13,20H,6-7,9-10H2,1-2H3/t13-,14-/m1/s1. The number of nitrogens with zero attached hydrogens (tertiary/aromatic N) is 1. The highest BCUT2D eigenvalue weighted by atomic mass is 32.2. The normalized spacial score (nSPS) is 27.1. The molecule has 1 aromatic rings. The van der Waals surface area contributed by atoms with Crippen LogP contribution in [-0.2, 0) is 11.8 Å². The van der Waals surface area contributed by atoms with Crippen LogP contribution in [0.3, 0.4) is 0 Å². The second-order valence-corrected chi connectivity index (χ2v) is 6.94. The van der Waals surface area contributed by atoms with Crippen LogP contribution in [0.2, 0.25) is 0 Å². The molecule has 1 aliphatic rings. The van der Waals surface area contributed by atoms with E-state index < -0.39 is 17.3 Å². The van der Waals surface area contributed by atoms with E-state index in [1.807, 2.05) is 19.0 Å². The number of thioether (sulfide) groups is 1. The zero-order valence-corrected chi connectivity index (χ0v) is 13.0. The molecule has 1 aromatic carbocycles. The van der Waals surface area contributed by atoms with Gasteiger partial charge in [0.25, 0.3) is 0 Å². The molecule has 1 aliphatic heterocycles. The van der Waals surface area contributed by atoms with E-state index in [1.165, 1.54) is 6.07 Å². The van der Waals surface area contributed by atoms with E-state index in [9.17, 15) is 18.3 Å². The largest absolute Gasteiger partial charge is 0.416 e. The molecule has 0 unspecified atom stereocenters. The van der Waals surface area contributed by atoms with Gasteiger partial charge in [0.05, 0.1) is 11.2 Å². The first-order chi connectivity index (χ1) is 9.73. The Morgan fingerprint density at radius 1 is 1.38 bits per heavy atom. The summed E-state index contributed by atoms with van der Waals surface area (Å²) in [6.45, 7) is 0.653.